The van der Waals surface area contributed by atoms with E-state index in [0.29, 0.717) is 26.4 Å². The van der Waals surface area contributed by atoms with Crippen molar-refractivity contribution < 1.29 is 28.7 Å². The Morgan fingerprint density at radius 1 is 0.970 bits per heavy atom. The maximum atomic E-state index is 12.0. The number of ether oxygens (including phenoxy) is 2. The highest BCUT2D eigenvalue weighted by Crippen LogP contribution is 2.28. The first-order chi connectivity index (χ1) is 15.7. The Labute approximate surface area is 205 Å². The van der Waals surface area contributed by atoms with Crippen molar-refractivity contribution in [1.29, 1.82) is 0 Å². The van der Waals surface area contributed by atoms with Crippen molar-refractivity contribution >= 4 is 62.7 Å². The third-order valence-electron chi connectivity index (χ3n) is 4.37. The second-order valence-electron chi connectivity index (χ2n) is 6.99. The average Bonchev–Trinajstić information content (AvgIpc) is 2.76. The lowest BCUT2D eigenvalue weighted by molar-refractivity contribution is -0.147. The number of benzene rings is 2. The van der Waals surface area contributed by atoms with E-state index < -0.39 is 24.5 Å². The zero-order valence-electron chi connectivity index (χ0n) is 18.2. The van der Waals surface area contributed by atoms with Gasteiger partial charge in [0.2, 0.25) is 5.91 Å². The lowest BCUT2D eigenvalue weighted by Gasteiger charge is -2.10. The van der Waals surface area contributed by atoms with Crippen LogP contribution in [0.25, 0.3) is 0 Å². The standard InChI is InChI=1S/C23H24BrClN2O6/c1-3-32-23(31)15-7-9-16(10-8-15)26-20(28)5-4-6-22(30)33-13-21(29)27-19-12-18(25)17(24)11-14(19)2/h7-12H,3-6,13H2,1-2H3,(H,26,28)(H,27,29). The number of anilines is 2. The van der Waals surface area contributed by atoms with E-state index >= 15 is 0 Å². The van der Waals surface area contributed by atoms with Crippen LogP contribution in [0, 0.1) is 6.92 Å². The molecule has 2 N–H and O–H groups in total. The molecule has 0 bridgehead atoms. The molecule has 0 fully saturated rings. The Morgan fingerprint density at radius 3 is 2.33 bits per heavy atom. The number of esters is 2. The number of amides is 2. The Bertz CT molecular complexity index is 1030. The average molecular weight is 540 g/mol. The van der Waals surface area contributed by atoms with Gasteiger partial charge < -0.3 is 20.1 Å². The minimum atomic E-state index is -0.581. The molecule has 0 aliphatic heterocycles. The number of carbonyl (C=O) groups is 4. The van der Waals surface area contributed by atoms with Crippen LogP contribution in [-0.2, 0) is 23.9 Å². The summed E-state index contributed by atoms with van der Waals surface area (Å²) < 4.78 is 10.6. The first kappa shape index (κ1) is 26.3. The number of carbonyl (C=O) groups excluding carboxylic acids is 4. The van der Waals surface area contributed by atoms with Crippen LogP contribution in [0.4, 0.5) is 11.4 Å². The molecule has 2 rings (SSSR count). The van der Waals surface area contributed by atoms with E-state index in [1.807, 2.05) is 6.92 Å². The Balaban J connectivity index is 1.68. The van der Waals surface area contributed by atoms with Crippen LogP contribution < -0.4 is 10.6 Å². The van der Waals surface area contributed by atoms with E-state index in [9.17, 15) is 19.2 Å². The van der Waals surface area contributed by atoms with Crippen molar-refractivity contribution in [3.63, 3.8) is 0 Å². The van der Waals surface area contributed by atoms with Gasteiger partial charge in [0.1, 0.15) is 0 Å². The molecule has 0 spiro atoms. The maximum Gasteiger partial charge on any atom is 0.338 e. The molecule has 0 atom stereocenters. The second kappa shape index (κ2) is 13.0. The Hall–Kier alpha value is -2.91. The summed E-state index contributed by atoms with van der Waals surface area (Å²) in [4.78, 5) is 47.5. The van der Waals surface area contributed by atoms with Crippen LogP contribution in [0.3, 0.4) is 0 Å². The predicted molar refractivity (Wildman–Crippen MR) is 128 cm³/mol. The zero-order valence-corrected chi connectivity index (χ0v) is 20.5. The summed E-state index contributed by atoms with van der Waals surface area (Å²) in [5.74, 6) is -1.79. The first-order valence-corrected chi connectivity index (χ1v) is 11.3. The van der Waals surface area contributed by atoms with Gasteiger partial charge in [0, 0.05) is 28.7 Å². The van der Waals surface area contributed by atoms with Gasteiger partial charge in [-0.3, -0.25) is 14.4 Å². The van der Waals surface area contributed by atoms with Crippen molar-refractivity contribution in [1.82, 2.24) is 0 Å². The monoisotopic (exact) mass is 538 g/mol. The Kier molecular flexibility index (Phi) is 10.3. The molecular weight excluding hydrogens is 516 g/mol. The number of nitrogens with one attached hydrogen (secondary N) is 2. The lowest BCUT2D eigenvalue weighted by atomic mass is 10.2. The normalized spacial score (nSPS) is 10.3. The molecule has 2 amide bonds. The number of hydrogen-bond donors (Lipinski definition) is 2. The van der Waals surface area contributed by atoms with E-state index in [4.69, 9.17) is 21.1 Å². The SMILES string of the molecule is CCOC(=O)c1ccc(NC(=O)CCCC(=O)OCC(=O)Nc2cc(Cl)c(Br)cc2C)cc1. The van der Waals surface area contributed by atoms with Crippen LogP contribution in [0.5, 0.6) is 0 Å². The van der Waals surface area contributed by atoms with Gasteiger partial charge in [0.05, 0.1) is 17.2 Å². The third-order valence-corrected chi connectivity index (χ3v) is 5.57. The van der Waals surface area contributed by atoms with E-state index in [-0.39, 0.29) is 31.8 Å². The van der Waals surface area contributed by atoms with Gasteiger partial charge in [-0.25, -0.2) is 4.79 Å². The van der Waals surface area contributed by atoms with Crippen LogP contribution in [-0.4, -0.2) is 37.0 Å². The second-order valence-corrected chi connectivity index (χ2v) is 8.25. The van der Waals surface area contributed by atoms with Gasteiger partial charge in [0.25, 0.3) is 5.91 Å². The molecule has 0 saturated heterocycles. The van der Waals surface area contributed by atoms with Crippen LogP contribution in [0.2, 0.25) is 5.02 Å². The van der Waals surface area contributed by atoms with Crippen molar-refractivity contribution in [3.05, 3.63) is 57.0 Å². The van der Waals surface area contributed by atoms with Gasteiger partial charge in [-0.05, 0) is 78.2 Å². The number of aryl methyl sites for hydroxylation is 1. The summed E-state index contributed by atoms with van der Waals surface area (Å²) in [6, 6.07) is 9.67. The quantitative estimate of drug-likeness (QED) is 0.417. The van der Waals surface area contributed by atoms with E-state index in [2.05, 4.69) is 26.6 Å². The maximum absolute atomic E-state index is 12.0. The number of hydrogen-bond acceptors (Lipinski definition) is 6. The summed E-state index contributed by atoms with van der Waals surface area (Å²) >= 11 is 9.33. The molecule has 0 unspecified atom stereocenters. The smallest absolute Gasteiger partial charge is 0.338 e. The number of halogens is 2. The summed E-state index contributed by atoms with van der Waals surface area (Å²) in [7, 11) is 0. The molecule has 2 aromatic rings. The van der Waals surface area contributed by atoms with Crippen molar-refractivity contribution in [2.45, 2.75) is 33.1 Å². The molecule has 8 nitrogen and oxygen atoms in total. The molecule has 0 aromatic heterocycles. The van der Waals surface area contributed by atoms with Gasteiger partial charge in [-0.15, -0.1) is 0 Å². The van der Waals surface area contributed by atoms with Crippen molar-refractivity contribution in [2.75, 3.05) is 23.8 Å². The molecule has 2 aromatic carbocycles. The van der Waals surface area contributed by atoms with Crippen LogP contribution in [0.15, 0.2) is 40.9 Å². The highest BCUT2D eigenvalue weighted by Gasteiger charge is 2.12. The number of rotatable bonds is 10. The van der Waals surface area contributed by atoms with Crippen molar-refractivity contribution in [3.8, 4) is 0 Å². The summed E-state index contributed by atoms with van der Waals surface area (Å²) in [5, 5.41) is 5.77. The van der Waals surface area contributed by atoms with Gasteiger partial charge >= 0.3 is 11.9 Å². The lowest BCUT2D eigenvalue weighted by Crippen LogP contribution is -2.21. The van der Waals surface area contributed by atoms with Gasteiger partial charge in [-0.1, -0.05) is 11.6 Å². The van der Waals surface area contributed by atoms with Gasteiger partial charge in [-0.2, -0.15) is 0 Å². The molecule has 0 radical (unpaired) electrons. The van der Waals surface area contributed by atoms with E-state index in [1.165, 1.54) is 0 Å². The Morgan fingerprint density at radius 2 is 1.67 bits per heavy atom. The zero-order chi connectivity index (χ0) is 24.4. The third kappa shape index (κ3) is 8.86. The van der Waals surface area contributed by atoms with Gasteiger partial charge in [0.15, 0.2) is 6.61 Å². The largest absolute Gasteiger partial charge is 0.462 e. The summed E-state index contributed by atoms with van der Waals surface area (Å²) in [6.07, 6.45) is 0.345. The first-order valence-electron chi connectivity index (χ1n) is 10.2. The van der Waals surface area contributed by atoms with E-state index in [0.717, 1.165) is 5.56 Å². The molecule has 0 saturated carbocycles. The summed E-state index contributed by atoms with van der Waals surface area (Å²) in [5.41, 5.74) is 2.24. The molecule has 176 valence electrons. The topological polar surface area (TPSA) is 111 Å². The molecular formula is C23H24BrClN2O6. The summed E-state index contributed by atoms with van der Waals surface area (Å²) in [6.45, 7) is 3.37. The minimum absolute atomic E-state index is 0.00830. The fourth-order valence-electron chi connectivity index (χ4n) is 2.71. The highest BCUT2D eigenvalue weighted by atomic mass is 79.9. The van der Waals surface area contributed by atoms with Crippen molar-refractivity contribution in [2.24, 2.45) is 0 Å². The molecule has 10 heteroatoms. The van der Waals surface area contributed by atoms with E-state index in [1.54, 1.807) is 43.3 Å². The van der Waals surface area contributed by atoms with Crippen LogP contribution >= 0.6 is 27.5 Å². The predicted octanol–water partition coefficient (Wildman–Crippen LogP) is 4.88. The molecule has 33 heavy (non-hydrogen) atoms. The minimum Gasteiger partial charge on any atom is -0.462 e. The molecule has 0 heterocycles. The fourth-order valence-corrected chi connectivity index (χ4v) is 3.33. The fraction of sp³-hybridized carbons (Fsp3) is 0.304. The highest BCUT2D eigenvalue weighted by molar-refractivity contribution is 9.10. The molecule has 0 aliphatic rings. The van der Waals surface area contributed by atoms with Crippen LogP contribution in [0.1, 0.15) is 42.1 Å². The molecule has 0 aliphatic carbocycles.